The lowest BCUT2D eigenvalue weighted by Crippen LogP contribution is -2.33. The van der Waals surface area contributed by atoms with Gasteiger partial charge in [-0.2, -0.15) is 0 Å². The van der Waals surface area contributed by atoms with Crippen LogP contribution in [-0.4, -0.2) is 38.1 Å². The van der Waals surface area contributed by atoms with Gasteiger partial charge >= 0.3 is 0 Å². The number of nitrogens with zero attached hydrogens (tertiary/aromatic N) is 1. The summed E-state index contributed by atoms with van der Waals surface area (Å²) in [6, 6.07) is 21.2. The molecular weight excluding hydrogens is 402 g/mol. The number of hydrogen-bond donors (Lipinski definition) is 0. The van der Waals surface area contributed by atoms with Gasteiger partial charge in [-0.05, 0) is 43.2 Å². The number of aryl methyl sites for hydroxylation is 1. The van der Waals surface area contributed by atoms with E-state index < -0.39 is 15.1 Å². The molecule has 29 heavy (non-hydrogen) atoms. The second kappa shape index (κ2) is 8.13. The first kappa shape index (κ1) is 19.9. The average Bonchev–Trinajstić information content (AvgIpc) is 3.14. The molecule has 2 aromatic carbocycles. The third kappa shape index (κ3) is 4.28. The molecule has 0 saturated carbocycles. The molecule has 0 bridgehead atoms. The largest absolute Gasteiger partial charge is 0.338 e. The van der Waals surface area contributed by atoms with Gasteiger partial charge in [-0.15, -0.1) is 11.3 Å². The molecule has 1 aromatic heterocycles. The molecule has 1 aliphatic rings. The van der Waals surface area contributed by atoms with E-state index in [4.69, 9.17) is 0 Å². The maximum absolute atomic E-state index is 13.0. The van der Waals surface area contributed by atoms with E-state index in [1.807, 2.05) is 37.3 Å². The number of benzene rings is 2. The van der Waals surface area contributed by atoms with Crippen LogP contribution in [-0.2, 0) is 9.84 Å². The Morgan fingerprint density at radius 1 is 0.966 bits per heavy atom. The lowest BCUT2D eigenvalue weighted by Gasteiger charge is -2.19. The summed E-state index contributed by atoms with van der Waals surface area (Å²) < 4.78 is 25.9. The van der Waals surface area contributed by atoms with E-state index in [0.29, 0.717) is 18.5 Å². The van der Waals surface area contributed by atoms with Gasteiger partial charge in [0.15, 0.2) is 9.84 Å². The number of hydrogen-bond acceptors (Lipinski definition) is 4. The van der Waals surface area contributed by atoms with Gasteiger partial charge < -0.3 is 4.90 Å². The molecule has 150 valence electrons. The molecule has 1 atom stereocenters. The Labute approximate surface area is 175 Å². The van der Waals surface area contributed by atoms with Crippen molar-refractivity contribution in [3.05, 3.63) is 82.7 Å². The third-order valence-corrected chi connectivity index (χ3v) is 8.83. The van der Waals surface area contributed by atoms with Crippen LogP contribution in [0.2, 0.25) is 0 Å². The van der Waals surface area contributed by atoms with E-state index in [-0.39, 0.29) is 18.2 Å². The summed E-state index contributed by atoms with van der Waals surface area (Å²) in [6.45, 7) is 2.72. The quantitative estimate of drug-likeness (QED) is 0.610. The van der Waals surface area contributed by atoms with Crippen LogP contribution in [0.5, 0.6) is 0 Å². The van der Waals surface area contributed by atoms with Crippen molar-refractivity contribution >= 4 is 27.1 Å². The van der Waals surface area contributed by atoms with Crippen LogP contribution in [0, 0.1) is 6.92 Å². The van der Waals surface area contributed by atoms with Crippen molar-refractivity contribution in [1.82, 2.24) is 4.90 Å². The molecule has 1 saturated heterocycles. The Bertz CT molecular complexity index is 1100. The summed E-state index contributed by atoms with van der Waals surface area (Å²) in [5.74, 6) is -0.110. The molecule has 6 heteroatoms. The molecule has 0 unspecified atom stereocenters. The van der Waals surface area contributed by atoms with Crippen molar-refractivity contribution in [1.29, 1.82) is 0 Å². The lowest BCUT2D eigenvalue weighted by molar-refractivity contribution is 0.0766. The highest BCUT2D eigenvalue weighted by atomic mass is 32.2. The van der Waals surface area contributed by atoms with Gasteiger partial charge in [0, 0.05) is 28.4 Å². The molecule has 4 nitrogen and oxygen atoms in total. The minimum atomic E-state index is -3.32. The highest BCUT2D eigenvalue weighted by Gasteiger charge is 2.33. The molecule has 1 amide bonds. The van der Waals surface area contributed by atoms with E-state index in [9.17, 15) is 13.2 Å². The Morgan fingerprint density at radius 2 is 1.69 bits per heavy atom. The minimum Gasteiger partial charge on any atom is -0.338 e. The second-order valence-electron chi connectivity index (χ2n) is 7.37. The number of thiophene rings is 1. The highest BCUT2D eigenvalue weighted by molar-refractivity contribution is 7.91. The van der Waals surface area contributed by atoms with Gasteiger partial charge in [-0.25, -0.2) is 8.42 Å². The van der Waals surface area contributed by atoms with Crippen molar-refractivity contribution in [2.45, 2.75) is 18.6 Å². The fourth-order valence-electron chi connectivity index (χ4n) is 3.63. The first-order valence-electron chi connectivity index (χ1n) is 9.67. The van der Waals surface area contributed by atoms with Gasteiger partial charge in [-0.3, -0.25) is 4.79 Å². The number of rotatable bonds is 3. The maximum atomic E-state index is 13.0. The van der Waals surface area contributed by atoms with Crippen LogP contribution in [0.1, 0.15) is 32.5 Å². The van der Waals surface area contributed by atoms with Gasteiger partial charge in [0.05, 0.1) is 11.0 Å². The Morgan fingerprint density at radius 3 is 2.41 bits per heavy atom. The summed E-state index contributed by atoms with van der Waals surface area (Å²) in [5.41, 5.74) is 2.89. The summed E-state index contributed by atoms with van der Waals surface area (Å²) >= 11 is 1.53. The van der Waals surface area contributed by atoms with Crippen LogP contribution < -0.4 is 0 Å². The van der Waals surface area contributed by atoms with Gasteiger partial charge in [0.25, 0.3) is 5.91 Å². The van der Waals surface area contributed by atoms with Crippen LogP contribution in [0.3, 0.4) is 0 Å². The van der Waals surface area contributed by atoms with E-state index in [2.05, 4.69) is 24.3 Å². The summed E-state index contributed by atoms with van der Waals surface area (Å²) in [4.78, 5) is 16.3. The number of carbonyl (C=O) groups is 1. The zero-order chi connectivity index (χ0) is 20.4. The lowest BCUT2D eigenvalue weighted by atomic mass is 10.1. The molecule has 2 heterocycles. The second-order valence-corrected chi connectivity index (χ2v) is 10.8. The zero-order valence-electron chi connectivity index (χ0n) is 16.2. The standard InChI is InChI=1S/C23H23NO3S2/c1-17-7-9-18(10-8-17)20-11-12-21(28-20)22-13-14-24(15-16-29(22,26)27)23(25)19-5-3-2-4-6-19/h2-12,22H,13-16H2,1H3/t22-/m0/s1. The molecule has 0 spiro atoms. The fraction of sp³-hybridized carbons (Fsp3) is 0.261. The van der Waals surface area contributed by atoms with Crippen LogP contribution >= 0.6 is 11.3 Å². The molecule has 0 aliphatic carbocycles. The molecular formula is C23H23NO3S2. The Hall–Kier alpha value is -2.44. The highest BCUT2D eigenvalue weighted by Crippen LogP contribution is 2.38. The third-order valence-electron chi connectivity index (χ3n) is 5.33. The number of amides is 1. The first-order valence-corrected chi connectivity index (χ1v) is 12.2. The zero-order valence-corrected chi connectivity index (χ0v) is 17.9. The SMILES string of the molecule is Cc1ccc(-c2ccc([C@@H]3CCN(C(=O)c4ccccc4)CCS3(=O)=O)s2)cc1. The van der Waals surface area contributed by atoms with Crippen LogP contribution in [0.4, 0.5) is 0 Å². The van der Waals surface area contributed by atoms with E-state index >= 15 is 0 Å². The topological polar surface area (TPSA) is 54.5 Å². The van der Waals surface area contributed by atoms with Crippen LogP contribution in [0.15, 0.2) is 66.7 Å². The molecule has 3 aromatic rings. The summed E-state index contributed by atoms with van der Waals surface area (Å²) in [7, 11) is -3.32. The molecule has 1 aliphatic heterocycles. The van der Waals surface area contributed by atoms with Gasteiger partial charge in [0.1, 0.15) is 0 Å². The van der Waals surface area contributed by atoms with E-state index in [0.717, 1.165) is 15.3 Å². The number of carbonyl (C=O) groups excluding carboxylic acids is 1. The van der Waals surface area contributed by atoms with Crippen molar-refractivity contribution in [3.8, 4) is 10.4 Å². The van der Waals surface area contributed by atoms with Crippen molar-refractivity contribution < 1.29 is 13.2 Å². The predicted molar refractivity (Wildman–Crippen MR) is 118 cm³/mol. The van der Waals surface area contributed by atoms with Crippen molar-refractivity contribution in [3.63, 3.8) is 0 Å². The molecule has 1 fully saturated rings. The molecule has 4 rings (SSSR count). The molecule has 0 radical (unpaired) electrons. The van der Waals surface area contributed by atoms with E-state index in [1.165, 1.54) is 16.9 Å². The van der Waals surface area contributed by atoms with E-state index in [1.54, 1.807) is 17.0 Å². The predicted octanol–water partition coefficient (Wildman–Crippen LogP) is 4.73. The smallest absolute Gasteiger partial charge is 0.253 e. The van der Waals surface area contributed by atoms with Gasteiger partial charge in [0.2, 0.25) is 0 Å². The van der Waals surface area contributed by atoms with Crippen molar-refractivity contribution in [2.75, 3.05) is 18.8 Å². The Kier molecular flexibility index (Phi) is 5.56. The number of sulfone groups is 1. The summed E-state index contributed by atoms with van der Waals surface area (Å²) in [5, 5.41) is -0.555. The maximum Gasteiger partial charge on any atom is 0.253 e. The van der Waals surface area contributed by atoms with Gasteiger partial charge in [-0.1, -0.05) is 48.0 Å². The fourth-order valence-corrected chi connectivity index (χ4v) is 6.90. The van der Waals surface area contributed by atoms with Crippen molar-refractivity contribution in [2.24, 2.45) is 0 Å². The average molecular weight is 426 g/mol. The summed E-state index contributed by atoms with van der Waals surface area (Å²) in [6.07, 6.45) is 0.425. The minimum absolute atomic E-state index is 0.00595. The Balaban J connectivity index is 1.55. The monoisotopic (exact) mass is 425 g/mol. The molecule has 0 N–H and O–H groups in total. The normalized spacial score (nSPS) is 18.9. The first-order chi connectivity index (χ1) is 13.9. The van der Waals surface area contributed by atoms with Crippen LogP contribution in [0.25, 0.3) is 10.4 Å².